The van der Waals surface area contributed by atoms with Crippen LogP contribution in [-0.2, 0) is 9.53 Å². The lowest BCUT2D eigenvalue weighted by Crippen LogP contribution is -2.30. The summed E-state index contributed by atoms with van der Waals surface area (Å²) < 4.78 is 17.6. The predicted molar refractivity (Wildman–Crippen MR) is 60.2 cm³/mol. The van der Waals surface area contributed by atoms with E-state index < -0.39 is 5.95 Å². The van der Waals surface area contributed by atoms with Gasteiger partial charge in [-0.2, -0.15) is 4.39 Å². The average molecular weight is 252 g/mol. The molecule has 5 nitrogen and oxygen atoms in total. The summed E-state index contributed by atoms with van der Waals surface area (Å²) in [5, 5.41) is 0. The number of hydrogen-bond acceptors (Lipinski definition) is 4. The third-order valence-electron chi connectivity index (χ3n) is 2.98. The van der Waals surface area contributed by atoms with Crippen molar-refractivity contribution in [2.24, 2.45) is 5.92 Å². The summed E-state index contributed by atoms with van der Waals surface area (Å²) in [6.45, 7) is 0.790. The molecule has 0 bridgehead atoms. The maximum atomic E-state index is 12.9. The van der Waals surface area contributed by atoms with Gasteiger partial charge in [-0.25, -0.2) is 4.98 Å². The molecule has 0 spiro atoms. The van der Waals surface area contributed by atoms with Gasteiger partial charge < -0.3 is 9.64 Å². The van der Waals surface area contributed by atoms with E-state index in [4.69, 9.17) is 0 Å². The van der Waals surface area contributed by atoms with Crippen molar-refractivity contribution in [1.82, 2.24) is 9.88 Å². The van der Waals surface area contributed by atoms with E-state index in [0.29, 0.717) is 19.5 Å². The number of ether oxygens (including phenoxy) is 1. The van der Waals surface area contributed by atoms with E-state index in [0.717, 1.165) is 6.07 Å². The minimum atomic E-state index is -0.690. The van der Waals surface area contributed by atoms with Gasteiger partial charge in [0.05, 0.1) is 13.0 Å². The maximum Gasteiger partial charge on any atom is 0.310 e. The summed E-state index contributed by atoms with van der Waals surface area (Å²) in [7, 11) is 1.32. The highest BCUT2D eigenvalue weighted by molar-refractivity contribution is 5.94. The Morgan fingerprint density at radius 1 is 1.56 bits per heavy atom. The lowest BCUT2D eigenvalue weighted by atomic mass is 10.1. The average Bonchev–Trinajstić information content (AvgIpc) is 2.86. The van der Waals surface area contributed by atoms with Crippen LogP contribution in [0.25, 0.3) is 0 Å². The van der Waals surface area contributed by atoms with Gasteiger partial charge in [0.15, 0.2) is 0 Å². The number of amides is 1. The predicted octanol–water partition coefficient (Wildman–Crippen LogP) is 0.856. The first kappa shape index (κ1) is 12.5. The van der Waals surface area contributed by atoms with Crippen molar-refractivity contribution in [2.75, 3.05) is 20.2 Å². The number of likely N-dealkylation sites (tertiary alicyclic amines) is 1. The van der Waals surface area contributed by atoms with Crippen LogP contribution in [0.15, 0.2) is 18.3 Å². The molecule has 1 saturated heterocycles. The lowest BCUT2D eigenvalue weighted by Gasteiger charge is -2.15. The van der Waals surface area contributed by atoms with Gasteiger partial charge in [-0.05, 0) is 12.5 Å². The topological polar surface area (TPSA) is 59.5 Å². The molecule has 0 aromatic carbocycles. The zero-order chi connectivity index (χ0) is 13.1. The van der Waals surface area contributed by atoms with Crippen LogP contribution in [0.1, 0.15) is 16.8 Å². The molecule has 2 heterocycles. The number of carbonyl (C=O) groups is 2. The molecular weight excluding hydrogens is 239 g/mol. The van der Waals surface area contributed by atoms with Crippen LogP contribution in [0, 0.1) is 11.9 Å². The normalized spacial score (nSPS) is 18.8. The molecule has 1 atom stereocenters. The van der Waals surface area contributed by atoms with Crippen molar-refractivity contribution >= 4 is 11.9 Å². The lowest BCUT2D eigenvalue weighted by molar-refractivity contribution is -0.144. The molecule has 1 fully saturated rings. The molecule has 1 unspecified atom stereocenters. The van der Waals surface area contributed by atoms with Gasteiger partial charge in [0, 0.05) is 30.9 Å². The van der Waals surface area contributed by atoms with Crippen LogP contribution >= 0.6 is 0 Å². The summed E-state index contributed by atoms with van der Waals surface area (Å²) in [6, 6.07) is 2.55. The van der Waals surface area contributed by atoms with E-state index in [2.05, 4.69) is 9.72 Å². The van der Waals surface area contributed by atoms with Crippen LogP contribution in [0.3, 0.4) is 0 Å². The molecule has 1 aliphatic heterocycles. The number of carbonyl (C=O) groups excluding carboxylic acids is 2. The van der Waals surface area contributed by atoms with Crippen LogP contribution in [0.2, 0.25) is 0 Å². The number of pyridine rings is 1. The first-order valence-electron chi connectivity index (χ1n) is 5.60. The Labute approximate surface area is 104 Å². The van der Waals surface area contributed by atoms with Gasteiger partial charge in [-0.3, -0.25) is 9.59 Å². The monoisotopic (exact) mass is 252 g/mol. The number of rotatable bonds is 2. The molecule has 2 rings (SSSR count). The van der Waals surface area contributed by atoms with E-state index in [9.17, 15) is 14.0 Å². The second-order valence-corrected chi connectivity index (χ2v) is 4.13. The van der Waals surface area contributed by atoms with Gasteiger partial charge in [0.1, 0.15) is 0 Å². The number of hydrogen-bond donors (Lipinski definition) is 0. The summed E-state index contributed by atoms with van der Waals surface area (Å²) in [6.07, 6.45) is 1.82. The number of esters is 1. The first-order valence-corrected chi connectivity index (χ1v) is 5.60. The minimum Gasteiger partial charge on any atom is -0.469 e. The van der Waals surface area contributed by atoms with E-state index in [1.807, 2.05) is 0 Å². The van der Waals surface area contributed by atoms with Crippen molar-refractivity contribution < 1.29 is 18.7 Å². The minimum absolute atomic E-state index is 0.244. The second-order valence-electron chi connectivity index (χ2n) is 4.13. The van der Waals surface area contributed by atoms with Gasteiger partial charge >= 0.3 is 5.97 Å². The standard InChI is InChI=1S/C12H13FN2O3/c1-18-12(17)9-3-5-15(7-9)11(16)8-2-4-14-10(13)6-8/h2,4,6,9H,3,5,7H2,1H3. The summed E-state index contributed by atoms with van der Waals surface area (Å²) >= 11 is 0. The Bertz CT molecular complexity index is 478. The summed E-state index contributed by atoms with van der Waals surface area (Å²) in [5.41, 5.74) is 0.244. The zero-order valence-electron chi connectivity index (χ0n) is 9.93. The summed E-state index contributed by atoms with van der Waals surface area (Å²) in [5.74, 6) is -1.58. The van der Waals surface area contributed by atoms with Gasteiger partial charge in [0.2, 0.25) is 5.95 Å². The molecule has 1 aromatic rings. The van der Waals surface area contributed by atoms with Crippen molar-refractivity contribution in [3.63, 3.8) is 0 Å². The van der Waals surface area contributed by atoms with Crippen molar-refractivity contribution in [1.29, 1.82) is 0 Å². The molecule has 1 aromatic heterocycles. The quantitative estimate of drug-likeness (QED) is 0.578. The highest BCUT2D eigenvalue weighted by Crippen LogP contribution is 2.19. The second kappa shape index (κ2) is 5.12. The van der Waals surface area contributed by atoms with Crippen LogP contribution in [0.5, 0.6) is 0 Å². The molecule has 0 saturated carbocycles. The van der Waals surface area contributed by atoms with Crippen molar-refractivity contribution in [3.8, 4) is 0 Å². The van der Waals surface area contributed by atoms with Gasteiger partial charge in [-0.1, -0.05) is 0 Å². The van der Waals surface area contributed by atoms with Crippen molar-refractivity contribution in [2.45, 2.75) is 6.42 Å². The largest absolute Gasteiger partial charge is 0.469 e. The van der Waals surface area contributed by atoms with Crippen LogP contribution in [-0.4, -0.2) is 42.0 Å². The van der Waals surface area contributed by atoms with Crippen molar-refractivity contribution in [3.05, 3.63) is 29.8 Å². The smallest absolute Gasteiger partial charge is 0.310 e. The fourth-order valence-electron chi connectivity index (χ4n) is 2.02. The Balaban J connectivity index is 2.06. The van der Waals surface area contributed by atoms with Crippen LogP contribution < -0.4 is 0 Å². The Morgan fingerprint density at radius 2 is 2.33 bits per heavy atom. The Kier molecular flexibility index (Phi) is 3.55. The van der Waals surface area contributed by atoms with Gasteiger partial charge in [0.25, 0.3) is 5.91 Å². The third kappa shape index (κ3) is 2.47. The van der Waals surface area contributed by atoms with Crippen LogP contribution in [0.4, 0.5) is 4.39 Å². The molecule has 0 radical (unpaired) electrons. The molecule has 0 N–H and O–H groups in total. The number of methoxy groups -OCH3 is 1. The SMILES string of the molecule is COC(=O)C1CCN(C(=O)c2ccnc(F)c2)C1. The molecule has 96 valence electrons. The molecule has 1 aliphatic rings. The zero-order valence-corrected chi connectivity index (χ0v) is 9.93. The molecule has 18 heavy (non-hydrogen) atoms. The van der Waals surface area contributed by atoms with E-state index in [-0.39, 0.29) is 23.4 Å². The number of nitrogens with zero attached hydrogens (tertiary/aromatic N) is 2. The highest BCUT2D eigenvalue weighted by atomic mass is 19.1. The van der Waals surface area contributed by atoms with Gasteiger partial charge in [-0.15, -0.1) is 0 Å². The third-order valence-corrected chi connectivity index (χ3v) is 2.98. The molecule has 1 amide bonds. The van der Waals surface area contributed by atoms with E-state index in [1.54, 1.807) is 0 Å². The maximum absolute atomic E-state index is 12.9. The van der Waals surface area contributed by atoms with E-state index in [1.165, 1.54) is 24.3 Å². The molecule has 6 heteroatoms. The summed E-state index contributed by atoms with van der Waals surface area (Å²) in [4.78, 5) is 28.3. The fourth-order valence-corrected chi connectivity index (χ4v) is 2.02. The molecule has 0 aliphatic carbocycles. The Hall–Kier alpha value is -1.98. The first-order chi connectivity index (χ1) is 8.61. The Morgan fingerprint density at radius 3 is 3.00 bits per heavy atom. The molecular formula is C12H13FN2O3. The number of halogens is 1. The highest BCUT2D eigenvalue weighted by Gasteiger charge is 2.32. The van der Waals surface area contributed by atoms with E-state index >= 15 is 0 Å². The fraction of sp³-hybridized carbons (Fsp3) is 0.417. The number of aromatic nitrogens is 1.